The Hall–Kier alpha value is -1.53. The summed E-state index contributed by atoms with van der Waals surface area (Å²) < 4.78 is 3.05. The molecule has 0 spiro atoms. The van der Waals surface area contributed by atoms with Gasteiger partial charge in [0.1, 0.15) is 10.8 Å². The van der Waals surface area contributed by atoms with Crippen LogP contribution in [0.4, 0.5) is 5.82 Å². The van der Waals surface area contributed by atoms with Crippen LogP contribution in [0.3, 0.4) is 0 Å². The average Bonchev–Trinajstić information content (AvgIpc) is 2.87. The minimum atomic E-state index is 0.841. The highest BCUT2D eigenvalue weighted by Crippen LogP contribution is 2.31. The van der Waals surface area contributed by atoms with E-state index in [1.165, 1.54) is 0 Å². The van der Waals surface area contributed by atoms with Gasteiger partial charge in [-0.3, -0.25) is 0 Å². The summed E-state index contributed by atoms with van der Waals surface area (Å²) in [6.07, 6.45) is 5.68. The maximum atomic E-state index is 4.64. The third-order valence-corrected chi connectivity index (χ3v) is 4.16. The fourth-order valence-electron chi connectivity index (χ4n) is 1.88. The third-order valence-electron chi connectivity index (χ3n) is 2.71. The second-order valence-corrected chi connectivity index (χ2v) is 6.16. The van der Waals surface area contributed by atoms with Crippen LogP contribution < -0.4 is 5.32 Å². The van der Waals surface area contributed by atoms with Crippen molar-refractivity contribution in [3.63, 3.8) is 0 Å². The first kappa shape index (κ1) is 13.5. The number of hydrogen-bond donors (Lipinski definition) is 1. The molecule has 0 aliphatic heterocycles. The van der Waals surface area contributed by atoms with Crippen molar-refractivity contribution in [3.8, 4) is 0 Å². The summed E-state index contributed by atoms with van der Waals surface area (Å²) in [7, 11) is 0. The van der Waals surface area contributed by atoms with Gasteiger partial charge >= 0.3 is 0 Å². The zero-order chi connectivity index (χ0) is 13.9. The van der Waals surface area contributed by atoms with Gasteiger partial charge in [0.05, 0.1) is 6.20 Å². The van der Waals surface area contributed by atoms with Crippen LogP contribution in [0, 0.1) is 0 Å². The lowest BCUT2D eigenvalue weighted by molar-refractivity contribution is 1.01. The monoisotopic (exact) mass is 348 g/mol. The fourth-order valence-corrected chi connectivity index (χ4v) is 3.38. The molecular formula is C14H13BrN4S. The molecule has 2 aromatic heterocycles. The van der Waals surface area contributed by atoms with Gasteiger partial charge in [0.2, 0.25) is 0 Å². The van der Waals surface area contributed by atoms with Gasteiger partial charge in [-0.05, 0) is 25.1 Å². The van der Waals surface area contributed by atoms with E-state index in [9.17, 15) is 0 Å². The van der Waals surface area contributed by atoms with E-state index in [1.54, 1.807) is 18.0 Å². The molecule has 0 radical (unpaired) electrons. The van der Waals surface area contributed by atoms with Crippen molar-refractivity contribution in [2.45, 2.75) is 16.8 Å². The Bertz CT molecular complexity index is 741. The van der Waals surface area contributed by atoms with Crippen LogP contribution in [0.1, 0.15) is 6.92 Å². The first-order chi connectivity index (χ1) is 9.76. The largest absolute Gasteiger partial charge is 0.369 e. The van der Waals surface area contributed by atoms with Crippen LogP contribution in [0.15, 0.2) is 57.3 Å². The van der Waals surface area contributed by atoms with Crippen LogP contribution in [0.2, 0.25) is 0 Å². The Morgan fingerprint density at radius 1 is 1.40 bits per heavy atom. The molecule has 1 aromatic carbocycles. The quantitative estimate of drug-likeness (QED) is 0.771. The number of benzene rings is 1. The first-order valence-corrected chi connectivity index (χ1v) is 7.88. The standard InChI is InChI=1S/C14H13BrN4S/c1-2-16-12-9-19-7-6-17-13(19)14(18-12)20-11-5-3-4-10(15)8-11/h3-9,16H,2H2,1H3. The number of anilines is 1. The Kier molecular flexibility index (Phi) is 3.93. The van der Waals surface area contributed by atoms with Gasteiger partial charge in [-0.15, -0.1) is 0 Å². The summed E-state index contributed by atoms with van der Waals surface area (Å²) in [4.78, 5) is 10.1. The van der Waals surface area contributed by atoms with Gasteiger partial charge in [0.25, 0.3) is 0 Å². The van der Waals surface area contributed by atoms with Gasteiger partial charge < -0.3 is 9.72 Å². The molecule has 20 heavy (non-hydrogen) atoms. The molecule has 0 bridgehead atoms. The molecule has 0 fully saturated rings. The second kappa shape index (κ2) is 5.85. The van der Waals surface area contributed by atoms with E-state index in [0.29, 0.717) is 0 Å². The third kappa shape index (κ3) is 2.81. The van der Waals surface area contributed by atoms with Crippen molar-refractivity contribution in [1.82, 2.24) is 14.4 Å². The number of fused-ring (bicyclic) bond motifs is 1. The molecule has 0 aliphatic carbocycles. The van der Waals surface area contributed by atoms with Crippen LogP contribution in [-0.4, -0.2) is 20.9 Å². The summed E-state index contributed by atoms with van der Waals surface area (Å²) in [5, 5.41) is 4.14. The second-order valence-electron chi connectivity index (χ2n) is 4.18. The minimum Gasteiger partial charge on any atom is -0.369 e. The minimum absolute atomic E-state index is 0.841. The normalized spacial score (nSPS) is 10.9. The Balaban J connectivity index is 2.02. The lowest BCUT2D eigenvalue weighted by atomic mass is 10.4. The summed E-state index contributed by atoms with van der Waals surface area (Å²) >= 11 is 5.10. The number of halogens is 1. The lowest BCUT2D eigenvalue weighted by Crippen LogP contribution is -2.02. The van der Waals surface area contributed by atoms with Crippen LogP contribution in [0.5, 0.6) is 0 Å². The van der Waals surface area contributed by atoms with E-state index < -0.39 is 0 Å². The molecule has 0 saturated carbocycles. The van der Waals surface area contributed by atoms with Crippen molar-refractivity contribution in [2.24, 2.45) is 0 Å². The number of aromatic nitrogens is 3. The number of nitrogens with zero attached hydrogens (tertiary/aromatic N) is 3. The number of imidazole rings is 1. The summed E-state index contributed by atoms with van der Waals surface area (Å²) in [6, 6.07) is 8.17. The first-order valence-electron chi connectivity index (χ1n) is 6.27. The van der Waals surface area contributed by atoms with Crippen molar-refractivity contribution in [3.05, 3.63) is 47.3 Å². The van der Waals surface area contributed by atoms with Crippen LogP contribution in [-0.2, 0) is 0 Å². The zero-order valence-corrected chi connectivity index (χ0v) is 13.3. The highest BCUT2D eigenvalue weighted by atomic mass is 79.9. The molecule has 1 N–H and O–H groups in total. The SMILES string of the molecule is CCNc1cn2ccnc2c(Sc2cccc(Br)c2)n1. The smallest absolute Gasteiger partial charge is 0.170 e. The molecule has 2 heterocycles. The molecule has 4 nitrogen and oxygen atoms in total. The molecular weight excluding hydrogens is 336 g/mol. The van der Waals surface area contributed by atoms with Gasteiger partial charge in [0.15, 0.2) is 5.65 Å². The van der Waals surface area contributed by atoms with E-state index in [4.69, 9.17) is 0 Å². The number of rotatable bonds is 4. The molecule has 0 amide bonds. The van der Waals surface area contributed by atoms with Crippen molar-refractivity contribution in [1.29, 1.82) is 0 Å². The summed E-state index contributed by atoms with van der Waals surface area (Å²) in [5.41, 5.74) is 0.872. The molecule has 3 aromatic rings. The predicted molar refractivity (Wildman–Crippen MR) is 85.4 cm³/mol. The number of nitrogens with one attached hydrogen (secondary N) is 1. The average molecular weight is 349 g/mol. The predicted octanol–water partition coefficient (Wildman–Crippen LogP) is 4.07. The highest BCUT2D eigenvalue weighted by Gasteiger charge is 2.09. The van der Waals surface area contributed by atoms with Gasteiger partial charge in [-0.25, -0.2) is 9.97 Å². The van der Waals surface area contributed by atoms with Gasteiger partial charge in [0, 0.05) is 28.3 Å². The van der Waals surface area contributed by atoms with E-state index in [-0.39, 0.29) is 0 Å². The molecule has 3 rings (SSSR count). The molecule has 6 heteroatoms. The summed E-state index contributed by atoms with van der Waals surface area (Å²) in [6.45, 7) is 2.90. The van der Waals surface area contributed by atoms with Crippen LogP contribution >= 0.6 is 27.7 Å². The van der Waals surface area contributed by atoms with E-state index >= 15 is 0 Å². The Morgan fingerprint density at radius 3 is 3.10 bits per heavy atom. The maximum absolute atomic E-state index is 4.64. The van der Waals surface area contributed by atoms with E-state index in [2.05, 4.69) is 50.3 Å². The zero-order valence-electron chi connectivity index (χ0n) is 10.9. The van der Waals surface area contributed by atoms with Crippen molar-refractivity contribution in [2.75, 3.05) is 11.9 Å². The molecule has 0 unspecified atom stereocenters. The Morgan fingerprint density at radius 2 is 2.30 bits per heavy atom. The molecule has 0 aliphatic rings. The summed E-state index contributed by atoms with van der Waals surface area (Å²) in [5.74, 6) is 0.857. The van der Waals surface area contributed by atoms with E-state index in [0.717, 1.165) is 32.4 Å². The van der Waals surface area contributed by atoms with E-state index in [1.807, 2.05) is 28.9 Å². The highest BCUT2D eigenvalue weighted by molar-refractivity contribution is 9.10. The fraction of sp³-hybridized carbons (Fsp3) is 0.143. The molecule has 0 atom stereocenters. The molecule has 0 saturated heterocycles. The van der Waals surface area contributed by atoms with Gasteiger partial charge in [-0.2, -0.15) is 0 Å². The maximum Gasteiger partial charge on any atom is 0.170 e. The van der Waals surface area contributed by atoms with Crippen LogP contribution in [0.25, 0.3) is 5.65 Å². The van der Waals surface area contributed by atoms with Crippen molar-refractivity contribution >= 4 is 39.2 Å². The Labute approximate surface area is 129 Å². The topological polar surface area (TPSA) is 42.2 Å². The van der Waals surface area contributed by atoms with Gasteiger partial charge in [-0.1, -0.05) is 33.8 Å². The number of hydrogen-bond acceptors (Lipinski definition) is 4. The van der Waals surface area contributed by atoms with Crippen molar-refractivity contribution < 1.29 is 0 Å². The molecule has 102 valence electrons. The lowest BCUT2D eigenvalue weighted by Gasteiger charge is -2.08.